The zero-order valence-electron chi connectivity index (χ0n) is 18.5. The van der Waals surface area contributed by atoms with E-state index in [-0.39, 0.29) is 25.5 Å². The van der Waals surface area contributed by atoms with E-state index in [1.807, 2.05) is 72.9 Å². The number of aromatic nitrogens is 1. The number of likely N-dealkylation sites (tertiary alicyclic amines) is 1. The molecule has 1 fully saturated rings. The minimum absolute atomic E-state index is 0.0580. The SMILES string of the molecule is O=C(Nc1cccc(-c2ccc3[nH]ccc3c2)c1)C1CC(O)CN1C(=O)OCc1ccccc1. The van der Waals surface area contributed by atoms with Crippen LogP contribution >= 0.6 is 0 Å². The molecule has 4 aromatic rings. The molecule has 0 radical (unpaired) electrons. The normalized spacial score (nSPS) is 17.6. The van der Waals surface area contributed by atoms with E-state index >= 15 is 0 Å². The molecule has 2 atom stereocenters. The number of aliphatic hydroxyl groups is 1. The van der Waals surface area contributed by atoms with Crippen LogP contribution in [0.2, 0.25) is 0 Å². The molecule has 1 aliphatic heterocycles. The molecule has 172 valence electrons. The molecule has 1 saturated heterocycles. The second kappa shape index (κ2) is 9.41. The fourth-order valence-electron chi connectivity index (χ4n) is 4.30. The standard InChI is InChI=1S/C27H25N3O4/c31-23-15-25(30(16-23)27(33)34-17-18-5-2-1-3-6-18)26(32)29-22-8-4-7-19(14-22)20-9-10-24-21(13-20)11-12-28-24/h1-14,23,25,28,31H,15-17H2,(H,29,32). The van der Waals surface area contributed by atoms with Crippen LogP contribution in [0.25, 0.3) is 22.0 Å². The predicted octanol–water partition coefficient (Wildman–Crippen LogP) is 4.55. The summed E-state index contributed by atoms with van der Waals surface area (Å²) in [5.74, 6) is -0.355. The van der Waals surface area contributed by atoms with Crippen LogP contribution in [0.3, 0.4) is 0 Å². The molecule has 3 aromatic carbocycles. The van der Waals surface area contributed by atoms with Crippen molar-refractivity contribution < 1.29 is 19.4 Å². The van der Waals surface area contributed by atoms with Gasteiger partial charge in [-0.2, -0.15) is 0 Å². The molecule has 3 N–H and O–H groups in total. The molecule has 0 bridgehead atoms. The summed E-state index contributed by atoms with van der Waals surface area (Å²) >= 11 is 0. The van der Waals surface area contributed by atoms with Crippen LogP contribution in [0.4, 0.5) is 10.5 Å². The minimum Gasteiger partial charge on any atom is -0.445 e. The van der Waals surface area contributed by atoms with E-state index in [1.165, 1.54) is 4.90 Å². The van der Waals surface area contributed by atoms with E-state index in [1.54, 1.807) is 6.07 Å². The Kier molecular flexibility index (Phi) is 6.01. The molecular formula is C27H25N3O4. The van der Waals surface area contributed by atoms with Gasteiger partial charge in [0, 0.05) is 23.8 Å². The van der Waals surface area contributed by atoms with Crippen LogP contribution in [-0.4, -0.2) is 45.7 Å². The Bertz CT molecular complexity index is 1320. The molecule has 0 saturated carbocycles. The predicted molar refractivity (Wildman–Crippen MR) is 130 cm³/mol. The van der Waals surface area contributed by atoms with Crippen molar-refractivity contribution in [3.05, 3.63) is 90.6 Å². The van der Waals surface area contributed by atoms with Gasteiger partial charge in [-0.15, -0.1) is 0 Å². The number of nitrogens with one attached hydrogen (secondary N) is 2. The van der Waals surface area contributed by atoms with E-state index in [9.17, 15) is 14.7 Å². The highest BCUT2D eigenvalue weighted by Crippen LogP contribution is 2.27. The highest BCUT2D eigenvalue weighted by molar-refractivity contribution is 5.97. The number of hydrogen-bond acceptors (Lipinski definition) is 4. The van der Waals surface area contributed by atoms with Gasteiger partial charge < -0.3 is 20.1 Å². The molecule has 0 spiro atoms. The van der Waals surface area contributed by atoms with Crippen molar-refractivity contribution in [1.29, 1.82) is 0 Å². The number of ether oxygens (including phenoxy) is 1. The van der Waals surface area contributed by atoms with Crippen LogP contribution in [-0.2, 0) is 16.1 Å². The second-order valence-corrected chi connectivity index (χ2v) is 8.45. The van der Waals surface area contributed by atoms with E-state index in [2.05, 4.69) is 16.4 Å². The second-order valence-electron chi connectivity index (χ2n) is 8.45. The number of aromatic amines is 1. The van der Waals surface area contributed by atoms with Gasteiger partial charge in [-0.05, 0) is 52.4 Å². The van der Waals surface area contributed by atoms with Crippen LogP contribution in [0.15, 0.2) is 85.1 Å². The molecule has 5 rings (SSSR count). The van der Waals surface area contributed by atoms with Gasteiger partial charge in [0.2, 0.25) is 5.91 Å². The Morgan fingerprint density at radius 2 is 1.82 bits per heavy atom. The fraction of sp³-hybridized carbons (Fsp3) is 0.185. The van der Waals surface area contributed by atoms with E-state index in [4.69, 9.17) is 4.74 Å². The van der Waals surface area contributed by atoms with Crippen LogP contribution in [0, 0.1) is 0 Å². The lowest BCUT2D eigenvalue weighted by Crippen LogP contribution is -2.43. The number of amides is 2. The molecule has 1 aliphatic rings. The van der Waals surface area contributed by atoms with Crippen molar-refractivity contribution in [1.82, 2.24) is 9.88 Å². The zero-order chi connectivity index (χ0) is 23.5. The number of nitrogens with zero attached hydrogens (tertiary/aromatic N) is 1. The van der Waals surface area contributed by atoms with Crippen molar-refractivity contribution in [2.24, 2.45) is 0 Å². The first-order chi connectivity index (χ1) is 16.6. The van der Waals surface area contributed by atoms with Gasteiger partial charge in [0.25, 0.3) is 0 Å². The quantitative estimate of drug-likeness (QED) is 0.412. The molecule has 2 heterocycles. The summed E-state index contributed by atoms with van der Waals surface area (Å²) in [5.41, 5.74) is 4.53. The van der Waals surface area contributed by atoms with Gasteiger partial charge in [0.05, 0.1) is 12.6 Å². The molecule has 34 heavy (non-hydrogen) atoms. The molecule has 2 unspecified atom stereocenters. The van der Waals surface area contributed by atoms with Crippen LogP contribution in [0.5, 0.6) is 0 Å². The summed E-state index contributed by atoms with van der Waals surface area (Å²) in [5, 5.41) is 14.2. The summed E-state index contributed by atoms with van der Waals surface area (Å²) in [6, 6.07) is 24.2. The third-order valence-corrected chi connectivity index (χ3v) is 6.04. The third-order valence-electron chi connectivity index (χ3n) is 6.04. The van der Waals surface area contributed by atoms with Gasteiger partial charge in [-0.1, -0.05) is 48.5 Å². The summed E-state index contributed by atoms with van der Waals surface area (Å²) in [7, 11) is 0. The highest BCUT2D eigenvalue weighted by Gasteiger charge is 2.40. The van der Waals surface area contributed by atoms with Gasteiger partial charge >= 0.3 is 6.09 Å². The summed E-state index contributed by atoms with van der Waals surface area (Å²) in [6.45, 7) is 0.163. The first kappa shape index (κ1) is 21.7. The van der Waals surface area contributed by atoms with Gasteiger partial charge in [-0.3, -0.25) is 9.69 Å². The van der Waals surface area contributed by atoms with Crippen molar-refractivity contribution in [3.63, 3.8) is 0 Å². The van der Waals surface area contributed by atoms with Crippen molar-refractivity contribution in [3.8, 4) is 11.1 Å². The van der Waals surface area contributed by atoms with Crippen LogP contribution in [0.1, 0.15) is 12.0 Å². The largest absolute Gasteiger partial charge is 0.445 e. The number of carbonyl (C=O) groups excluding carboxylic acids is 2. The lowest BCUT2D eigenvalue weighted by Gasteiger charge is -2.23. The number of carbonyl (C=O) groups is 2. The number of aliphatic hydroxyl groups excluding tert-OH is 1. The maximum absolute atomic E-state index is 13.1. The van der Waals surface area contributed by atoms with Gasteiger partial charge in [0.1, 0.15) is 12.6 Å². The zero-order valence-corrected chi connectivity index (χ0v) is 18.5. The Morgan fingerprint density at radius 1 is 1.00 bits per heavy atom. The van der Waals surface area contributed by atoms with Gasteiger partial charge in [0.15, 0.2) is 0 Å². The Morgan fingerprint density at radius 3 is 2.68 bits per heavy atom. The van der Waals surface area contributed by atoms with Crippen molar-refractivity contribution in [2.75, 3.05) is 11.9 Å². The van der Waals surface area contributed by atoms with E-state index in [0.717, 1.165) is 27.6 Å². The Labute approximate surface area is 197 Å². The topological polar surface area (TPSA) is 94.7 Å². The number of benzene rings is 3. The number of rotatable bonds is 5. The number of hydrogen-bond donors (Lipinski definition) is 3. The first-order valence-corrected chi connectivity index (χ1v) is 11.2. The smallest absolute Gasteiger partial charge is 0.410 e. The Hall–Kier alpha value is -4.10. The number of anilines is 1. The number of β-amino-alcohol motifs (C(OH)–C–C–N with tert-alkyl or cyclic N) is 1. The average molecular weight is 456 g/mol. The summed E-state index contributed by atoms with van der Waals surface area (Å²) in [4.78, 5) is 30.2. The highest BCUT2D eigenvalue weighted by atomic mass is 16.6. The van der Waals surface area contributed by atoms with Crippen molar-refractivity contribution >= 4 is 28.6 Å². The number of fused-ring (bicyclic) bond motifs is 1. The summed E-state index contributed by atoms with van der Waals surface area (Å²) < 4.78 is 5.39. The maximum atomic E-state index is 13.1. The lowest BCUT2D eigenvalue weighted by atomic mass is 10.0. The summed E-state index contributed by atoms with van der Waals surface area (Å²) in [6.07, 6.45) is 0.668. The van der Waals surface area contributed by atoms with Crippen molar-refractivity contribution in [2.45, 2.75) is 25.2 Å². The molecular weight excluding hydrogens is 430 g/mol. The number of H-pyrrole nitrogens is 1. The fourth-order valence-corrected chi connectivity index (χ4v) is 4.30. The van der Waals surface area contributed by atoms with E-state index < -0.39 is 18.2 Å². The van der Waals surface area contributed by atoms with E-state index in [0.29, 0.717) is 5.69 Å². The minimum atomic E-state index is -0.807. The monoisotopic (exact) mass is 455 g/mol. The van der Waals surface area contributed by atoms with Gasteiger partial charge in [-0.25, -0.2) is 4.79 Å². The molecule has 2 amide bonds. The average Bonchev–Trinajstić information content (AvgIpc) is 3.49. The molecule has 7 heteroatoms. The molecule has 0 aliphatic carbocycles. The third kappa shape index (κ3) is 4.65. The first-order valence-electron chi connectivity index (χ1n) is 11.2. The molecule has 1 aromatic heterocycles. The molecule has 7 nitrogen and oxygen atoms in total. The van der Waals surface area contributed by atoms with Crippen LogP contribution < -0.4 is 5.32 Å². The lowest BCUT2D eigenvalue weighted by molar-refractivity contribution is -0.120. The Balaban J connectivity index is 1.28. The maximum Gasteiger partial charge on any atom is 0.410 e.